The first-order chi connectivity index (χ1) is 6.56. The SMILES string of the molecule is CCOC(=O)c1c(Cl)cc(F)cc1Cl. The number of halogens is 3. The Morgan fingerprint density at radius 1 is 1.43 bits per heavy atom. The molecule has 0 fully saturated rings. The lowest BCUT2D eigenvalue weighted by atomic mass is 10.2. The van der Waals surface area contributed by atoms with Crippen molar-refractivity contribution < 1.29 is 13.9 Å². The van der Waals surface area contributed by atoms with E-state index in [-0.39, 0.29) is 22.2 Å². The molecule has 0 bridgehead atoms. The van der Waals surface area contributed by atoms with E-state index in [1.807, 2.05) is 0 Å². The van der Waals surface area contributed by atoms with Crippen molar-refractivity contribution in [2.45, 2.75) is 6.92 Å². The van der Waals surface area contributed by atoms with E-state index in [0.717, 1.165) is 12.1 Å². The number of esters is 1. The summed E-state index contributed by atoms with van der Waals surface area (Å²) in [7, 11) is 0. The first-order valence-electron chi connectivity index (χ1n) is 3.88. The van der Waals surface area contributed by atoms with Crippen LogP contribution in [0.3, 0.4) is 0 Å². The fourth-order valence-electron chi connectivity index (χ4n) is 0.940. The average molecular weight is 237 g/mol. The molecule has 0 aliphatic carbocycles. The molecular formula is C9H7Cl2FO2. The minimum absolute atomic E-state index is 0.00316. The normalized spacial score (nSPS) is 10.0. The molecule has 0 heterocycles. The standard InChI is InChI=1S/C9H7Cl2FO2/c1-2-14-9(13)8-6(10)3-5(12)4-7(8)11/h3-4H,2H2,1H3. The molecule has 1 rings (SSSR count). The Hall–Kier alpha value is -0.800. The van der Waals surface area contributed by atoms with Crippen LogP contribution in [-0.4, -0.2) is 12.6 Å². The Morgan fingerprint density at radius 3 is 2.36 bits per heavy atom. The summed E-state index contributed by atoms with van der Waals surface area (Å²) >= 11 is 11.3. The number of hydrogen-bond donors (Lipinski definition) is 0. The van der Waals surface area contributed by atoms with Gasteiger partial charge in [-0.2, -0.15) is 0 Å². The molecule has 76 valence electrons. The molecular weight excluding hydrogens is 230 g/mol. The van der Waals surface area contributed by atoms with Gasteiger partial charge < -0.3 is 4.74 Å². The summed E-state index contributed by atoms with van der Waals surface area (Å²) in [4.78, 5) is 11.3. The Balaban J connectivity index is 3.14. The predicted octanol–water partition coefficient (Wildman–Crippen LogP) is 3.31. The van der Waals surface area contributed by atoms with Crippen molar-refractivity contribution in [3.8, 4) is 0 Å². The number of ether oxygens (including phenoxy) is 1. The third-order valence-corrected chi connectivity index (χ3v) is 2.08. The van der Waals surface area contributed by atoms with Gasteiger partial charge in [0.25, 0.3) is 0 Å². The van der Waals surface area contributed by atoms with E-state index in [1.165, 1.54) is 0 Å². The maximum absolute atomic E-state index is 12.7. The van der Waals surface area contributed by atoms with E-state index in [2.05, 4.69) is 0 Å². The highest BCUT2D eigenvalue weighted by molar-refractivity contribution is 6.39. The van der Waals surface area contributed by atoms with Crippen LogP contribution in [-0.2, 0) is 4.74 Å². The van der Waals surface area contributed by atoms with Gasteiger partial charge in [0.2, 0.25) is 0 Å². The van der Waals surface area contributed by atoms with Gasteiger partial charge in [-0.25, -0.2) is 9.18 Å². The van der Waals surface area contributed by atoms with Gasteiger partial charge in [0.15, 0.2) is 0 Å². The Morgan fingerprint density at radius 2 is 1.93 bits per heavy atom. The molecule has 0 aliphatic heterocycles. The first-order valence-corrected chi connectivity index (χ1v) is 4.63. The van der Waals surface area contributed by atoms with E-state index in [4.69, 9.17) is 27.9 Å². The molecule has 0 N–H and O–H groups in total. The van der Waals surface area contributed by atoms with Crippen molar-refractivity contribution in [3.63, 3.8) is 0 Å². The molecule has 0 radical (unpaired) electrons. The molecule has 5 heteroatoms. The van der Waals surface area contributed by atoms with Crippen LogP contribution in [0.1, 0.15) is 17.3 Å². The van der Waals surface area contributed by atoms with E-state index in [0.29, 0.717) is 0 Å². The van der Waals surface area contributed by atoms with Crippen molar-refractivity contribution >= 4 is 29.2 Å². The van der Waals surface area contributed by atoms with Gasteiger partial charge in [-0.3, -0.25) is 0 Å². The predicted molar refractivity (Wildman–Crippen MR) is 52.4 cm³/mol. The van der Waals surface area contributed by atoms with Crippen molar-refractivity contribution in [1.82, 2.24) is 0 Å². The zero-order chi connectivity index (χ0) is 10.7. The quantitative estimate of drug-likeness (QED) is 0.737. The lowest BCUT2D eigenvalue weighted by Crippen LogP contribution is -2.06. The van der Waals surface area contributed by atoms with Gasteiger partial charge in [-0.05, 0) is 19.1 Å². The molecule has 14 heavy (non-hydrogen) atoms. The van der Waals surface area contributed by atoms with Crippen LogP contribution in [0.15, 0.2) is 12.1 Å². The molecule has 0 saturated carbocycles. The number of benzene rings is 1. The van der Waals surface area contributed by atoms with E-state index < -0.39 is 11.8 Å². The van der Waals surface area contributed by atoms with Gasteiger partial charge in [0, 0.05) is 0 Å². The van der Waals surface area contributed by atoms with Crippen molar-refractivity contribution in [2.24, 2.45) is 0 Å². The zero-order valence-electron chi connectivity index (χ0n) is 7.31. The molecule has 0 saturated heterocycles. The molecule has 0 amide bonds. The Bertz CT molecular complexity index is 343. The second kappa shape index (κ2) is 4.62. The maximum atomic E-state index is 12.7. The van der Waals surface area contributed by atoms with Crippen LogP contribution in [0.5, 0.6) is 0 Å². The Kier molecular flexibility index (Phi) is 3.72. The minimum atomic E-state index is -0.650. The minimum Gasteiger partial charge on any atom is -0.462 e. The van der Waals surface area contributed by atoms with Crippen LogP contribution < -0.4 is 0 Å². The highest BCUT2D eigenvalue weighted by Crippen LogP contribution is 2.26. The van der Waals surface area contributed by atoms with Gasteiger partial charge >= 0.3 is 5.97 Å². The van der Waals surface area contributed by atoms with Crippen LogP contribution >= 0.6 is 23.2 Å². The van der Waals surface area contributed by atoms with Crippen LogP contribution in [0.4, 0.5) is 4.39 Å². The summed E-state index contributed by atoms with van der Waals surface area (Å²) in [5.74, 6) is -1.24. The highest BCUT2D eigenvalue weighted by atomic mass is 35.5. The number of carbonyl (C=O) groups excluding carboxylic acids is 1. The fraction of sp³-hybridized carbons (Fsp3) is 0.222. The van der Waals surface area contributed by atoms with Crippen molar-refractivity contribution in [3.05, 3.63) is 33.6 Å². The third kappa shape index (κ3) is 2.36. The molecule has 0 atom stereocenters. The maximum Gasteiger partial charge on any atom is 0.341 e. The van der Waals surface area contributed by atoms with Gasteiger partial charge in [-0.15, -0.1) is 0 Å². The molecule has 2 nitrogen and oxygen atoms in total. The molecule has 0 aliphatic rings. The molecule has 0 spiro atoms. The summed E-state index contributed by atoms with van der Waals surface area (Å²) in [5.41, 5.74) is -0.00316. The average Bonchev–Trinajstić information content (AvgIpc) is 2.01. The summed E-state index contributed by atoms with van der Waals surface area (Å²) in [6, 6.07) is 2.03. The van der Waals surface area contributed by atoms with E-state index in [9.17, 15) is 9.18 Å². The summed E-state index contributed by atoms with van der Waals surface area (Å²) < 4.78 is 17.4. The summed E-state index contributed by atoms with van der Waals surface area (Å²) in [6.07, 6.45) is 0. The summed E-state index contributed by atoms with van der Waals surface area (Å²) in [6.45, 7) is 1.87. The second-order valence-electron chi connectivity index (χ2n) is 2.46. The third-order valence-electron chi connectivity index (χ3n) is 1.49. The monoisotopic (exact) mass is 236 g/mol. The number of hydrogen-bond acceptors (Lipinski definition) is 2. The van der Waals surface area contributed by atoms with Gasteiger partial charge in [0.05, 0.1) is 22.2 Å². The highest BCUT2D eigenvalue weighted by Gasteiger charge is 2.16. The lowest BCUT2D eigenvalue weighted by molar-refractivity contribution is 0.0527. The van der Waals surface area contributed by atoms with E-state index in [1.54, 1.807) is 6.92 Å². The Labute approximate surface area is 90.6 Å². The van der Waals surface area contributed by atoms with Crippen LogP contribution in [0.25, 0.3) is 0 Å². The van der Waals surface area contributed by atoms with Gasteiger partial charge in [-0.1, -0.05) is 23.2 Å². The van der Waals surface area contributed by atoms with Crippen LogP contribution in [0.2, 0.25) is 10.0 Å². The van der Waals surface area contributed by atoms with Crippen molar-refractivity contribution in [1.29, 1.82) is 0 Å². The molecule has 0 aromatic heterocycles. The lowest BCUT2D eigenvalue weighted by Gasteiger charge is -2.05. The van der Waals surface area contributed by atoms with Crippen LogP contribution in [0, 0.1) is 5.82 Å². The molecule has 0 unspecified atom stereocenters. The van der Waals surface area contributed by atoms with Gasteiger partial charge in [0.1, 0.15) is 5.82 Å². The topological polar surface area (TPSA) is 26.3 Å². The molecule has 1 aromatic carbocycles. The van der Waals surface area contributed by atoms with E-state index >= 15 is 0 Å². The number of carbonyl (C=O) groups is 1. The summed E-state index contributed by atoms with van der Waals surface area (Å²) in [5, 5.41) is -0.0955. The first kappa shape index (κ1) is 11.3. The molecule has 1 aromatic rings. The smallest absolute Gasteiger partial charge is 0.341 e. The zero-order valence-corrected chi connectivity index (χ0v) is 8.82. The van der Waals surface area contributed by atoms with Crippen molar-refractivity contribution in [2.75, 3.05) is 6.61 Å². The second-order valence-corrected chi connectivity index (χ2v) is 3.28. The number of rotatable bonds is 2. The largest absolute Gasteiger partial charge is 0.462 e. The fourth-order valence-corrected chi connectivity index (χ4v) is 1.56.